The van der Waals surface area contributed by atoms with Gasteiger partial charge in [0.05, 0.1) is 0 Å². The maximum Gasteiger partial charge on any atom is 0.157 e. The van der Waals surface area contributed by atoms with Crippen LogP contribution >= 0.6 is 12.6 Å². The zero-order chi connectivity index (χ0) is 16.1. The molecule has 1 nitrogen and oxygen atoms in total. The van der Waals surface area contributed by atoms with E-state index >= 15 is 0 Å². The van der Waals surface area contributed by atoms with Gasteiger partial charge < -0.3 is 4.42 Å². The smallest absolute Gasteiger partial charge is 0.157 e. The molecule has 2 aromatic rings. The Kier molecular flexibility index (Phi) is 3.71. The summed E-state index contributed by atoms with van der Waals surface area (Å²) in [5.74, 6) is 0.987. The fourth-order valence-electron chi connectivity index (χ4n) is 3.61. The first kappa shape index (κ1) is 15.7. The third-order valence-corrected chi connectivity index (χ3v) is 5.56. The Labute approximate surface area is 139 Å². The SMILES string of the molecule is Cc1cc2c(cc1Cc1ccc(S)o1)C(C)(C)CCC2(C)C. The van der Waals surface area contributed by atoms with Crippen molar-refractivity contribution in [3.05, 3.63) is 52.3 Å². The van der Waals surface area contributed by atoms with Crippen molar-refractivity contribution in [2.75, 3.05) is 0 Å². The minimum atomic E-state index is 0.255. The molecule has 2 heteroatoms. The van der Waals surface area contributed by atoms with Gasteiger partial charge in [-0.05, 0) is 65.0 Å². The van der Waals surface area contributed by atoms with Crippen molar-refractivity contribution in [2.24, 2.45) is 0 Å². The summed E-state index contributed by atoms with van der Waals surface area (Å²) >= 11 is 4.26. The van der Waals surface area contributed by atoms with E-state index in [0.717, 1.165) is 12.2 Å². The van der Waals surface area contributed by atoms with E-state index in [1.165, 1.54) is 35.1 Å². The molecule has 0 saturated carbocycles. The average Bonchev–Trinajstić information content (AvgIpc) is 2.82. The molecule has 22 heavy (non-hydrogen) atoms. The first-order chi connectivity index (χ1) is 10.2. The van der Waals surface area contributed by atoms with E-state index in [9.17, 15) is 0 Å². The molecule has 3 rings (SSSR count). The molecular formula is C20H26OS. The van der Waals surface area contributed by atoms with E-state index in [-0.39, 0.29) is 10.8 Å². The van der Waals surface area contributed by atoms with Crippen molar-refractivity contribution in [2.45, 2.75) is 69.8 Å². The molecule has 1 aromatic carbocycles. The Morgan fingerprint density at radius 3 is 2.14 bits per heavy atom. The van der Waals surface area contributed by atoms with Gasteiger partial charge in [0.1, 0.15) is 5.76 Å². The first-order valence-corrected chi connectivity index (χ1v) is 8.56. The summed E-state index contributed by atoms with van der Waals surface area (Å²) in [6.45, 7) is 11.7. The number of hydrogen-bond donors (Lipinski definition) is 1. The molecule has 1 aromatic heterocycles. The van der Waals surface area contributed by atoms with Crippen LogP contribution in [0.1, 0.15) is 68.6 Å². The second-order valence-electron chi connectivity index (χ2n) is 8.01. The van der Waals surface area contributed by atoms with Crippen LogP contribution in [0, 0.1) is 6.92 Å². The summed E-state index contributed by atoms with van der Waals surface area (Å²) in [5.41, 5.74) is 6.30. The quantitative estimate of drug-likeness (QED) is 0.690. The first-order valence-electron chi connectivity index (χ1n) is 8.11. The number of aryl methyl sites for hydroxylation is 1. The van der Waals surface area contributed by atoms with E-state index < -0.39 is 0 Å². The Bertz CT molecular complexity index is 706. The molecule has 0 aliphatic heterocycles. The zero-order valence-corrected chi connectivity index (χ0v) is 15.2. The summed E-state index contributed by atoms with van der Waals surface area (Å²) in [5, 5.41) is 0.687. The fourth-order valence-corrected chi connectivity index (χ4v) is 3.80. The Morgan fingerprint density at radius 2 is 1.59 bits per heavy atom. The lowest BCUT2D eigenvalue weighted by Gasteiger charge is -2.42. The number of benzene rings is 1. The van der Waals surface area contributed by atoms with Crippen LogP contribution in [0.25, 0.3) is 0 Å². The van der Waals surface area contributed by atoms with Crippen LogP contribution in [-0.2, 0) is 17.3 Å². The molecule has 118 valence electrons. The van der Waals surface area contributed by atoms with Gasteiger partial charge >= 0.3 is 0 Å². The van der Waals surface area contributed by atoms with E-state index in [4.69, 9.17) is 4.42 Å². The van der Waals surface area contributed by atoms with Crippen molar-refractivity contribution in [3.8, 4) is 0 Å². The summed E-state index contributed by atoms with van der Waals surface area (Å²) < 4.78 is 5.64. The van der Waals surface area contributed by atoms with Crippen LogP contribution < -0.4 is 0 Å². The molecule has 1 aliphatic rings. The van der Waals surface area contributed by atoms with Gasteiger partial charge in [-0.1, -0.05) is 39.8 Å². The number of hydrogen-bond acceptors (Lipinski definition) is 2. The lowest BCUT2D eigenvalue weighted by Crippen LogP contribution is -2.34. The van der Waals surface area contributed by atoms with Crippen molar-refractivity contribution >= 4 is 12.6 Å². The van der Waals surface area contributed by atoms with Gasteiger partial charge in [0.2, 0.25) is 0 Å². The van der Waals surface area contributed by atoms with Crippen molar-refractivity contribution in [3.63, 3.8) is 0 Å². The number of fused-ring (bicyclic) bond motifs is 1. The Balaban J connectivity index is 2.07. The highest BCUT2D eigenvalue weighted by atomic mass is 32.1. The van der Waals surface area contributed by atoms with E-state index in [1.807, 2.05) is 12.1 Å². The van der Waals surface area contributed by atoms with Crippen molar-refractivity contribution in [1.82, 2.24) is 0 Å². The molecule has 0 saturated heterocycles. The molecule has 0 spiro atoms. The monoisotopic (exact) mass is 314 g/mol. The minimum Gasteiger partial charge on any atom is -0.455 e. The van der Waals surface area contributed by atoms with Crippen LogP contribution in [0.5, 0.6) is 0 Å². The van der Waals surface area contributed by atoms with E-state index in [0.29, 0.717) is 5.09 Å². The Hall–Kier alpha value is -1.15. The molecule has 0 unspecified atom stereocenters. The molecule has 0 radical (unpaired) electrons. The van der Waals surface area contributed by atoms with Gasteiger partial charge in [0.25, 0.3) is 0 Å². The van der Waals surface area contributed by atoms with E-state index in [1.54, 1.807) is 0 Å². The third kappa shape index (κ3) is 2.74. The molecule has 0 N–H and O–H groups in total. The molecule has 1 aliphatic carbocycles. The molecule has 0 atom stereocenters. The highest BCUT2D eigenvalue weighted by Gasteiger charge is 2.37. The minimum absolute atomic E-state index is 0.255. The molecule has 0 fully saturated rings. The summed E-state index contributed by atoms with van der Waals surface area (Å²) in [7, 11) is 0. The Morgan fingerprint density at radius 1 is 1.00 bits per heavy atom. The van der Waals surface area contributed by atoms with Crippen molar-refractivity contribution < 1.29 is 4.42 Å². The number of thiol groups is 1. The maximum atomic E-state index is 5.64. The molecule has 0 amide bonds. The molecule has 0 bridgehead atoms. The van der Waals surface area contributed by atoms with Gasteiger partial charge in [-0.25, -0.2) is 0 Å². The normalized spacial score (nSPS) is 19.0. The summed E-state index contributed by atoms with van der Waals surface area (Å²) in [4.78, 5) is 0. The van der Waals surface area contributed by atoms with Crippen LogP contribution in [0.4, 0.5) is 0 Å². The lowest BCUT2D eigenvalue weighted by atomic mass is 9.62. The highest BCUT2D eigenvalue weighted by Crippen LogP contribution is 2.46. The predicted molar refractivity (Wildman–Crippen MR) is 95.2 cm³/mol. The van der Waals surface area contributed by atoms with E-state index in [2.05, 4.69) is 59.4 Å². The second kappa shape index (κ2) is 5.19. The van der Waals surface area contributed by atoms with Crippen LogP contribution in [-0.4, -0.2) is 0 Å². The van der Waals surface area contributed by atoms with Crippen LogP contribution in [0.15, 0.2) is 33.8 Å². The largest absolute Gasteiger partial charge is 0.455 e. The van der Waals surface area contributed by atoms with Crippen LogP contribution in [0.2, 0.25) is 0 Å². The topological polar surface area (TPSA) is 13.1 Å². The molecular weight excluding hydrogens is 288 g/mol. The van der Waals surface area contributed by atoms with Gasteiger partial charge in [0, 0.05) is 6.42 Å². The lowest BCUT2D eigenvalue weighted by molar-refractivity contribution is 0.331. The number of rotatable bonds is 2. The van der Waals surface area contributed by atoms with Crippen LogP contribution in [0.3, 0.4) is 0 Å². The van der Waals surface area contributed by atoms with Crippen molar-refractivity contribution in [1.29, 1.82) is 0 Å². The standard InChI is InChI=1S/C20H26OS/c1-13-10-16-17(20(4,5)9-8-19(16,2)3)12-14(13)11-15-6-7-18(22)21-15/h6-7,10,12,22H,8-9,11H2,1-5H3. The number of furan rings is 1. The fraction of sp³-hybridized carbons (Fsp3) is 0.500. The zero-order valence-electron chi connectivity index (χ0n) is 14.3. The van der Waals surface area contributed by atoms with Gasteiger partial charge in [-0.3, -0.25) is 0 Å². The van der Waals surface area contributed by atoms with Gasteiger partial charge in [0.15, 0.2) is 5.09 Å². The van der Waals surface area contributed by atoms with Gasteiger partial charge in [-0.2, -0.15) is 0 Å². The molecule has 1 heterocycles. The maximum absolute atomic E-state index is 5.64. The third-order valence-electron chi connectivity index (χ3n) is 5.32. The van der Waals surface area contributed by atoms with Gasteiger partial charge in [-0.15, -0.1) is 12.6 Å². The second-order valence-corrected chi connectivity index (χ2v) is 8.45. The highest BCUT2D eigenvalue weighted by molar-refractivity contribution is 7.80. The average molecular weight is 314 g/mol. The predicted octanol–water partition coefficient (Wildman–Crippen LogP) is 5.82. The summed E-state index contributed by atoms with van der Waals surface area (Å²) in [6.07, 6.45) is 3.35. The summed E-state index contributed by atoms with van der Waals surface area (Å²) in [6, 6.07) is 8.78.